The summed E-state index contributed by atoms with van der Waals surface area (Å²) in [5.74, 6) is 0.597. The van der Waals surface area contributed by atoms with Crippen LogP contribution in [-0.2, 0) is 14.6 Å². The number of hydrogen-bond donors (Lipinski definition) is 1. The van der Waals surface area contributed by atoms with Crippen molar-refractivity contribution < 1.29 is 13.2 Å². The minimum atomic E-state index is -2.85. The minimum Gasteiger partial charge on any atom is -0.383 e. The molecule has 0 aliphatic heterocycles. The SMILES string of the molecule is CCCS(=O)(=O)CCC(C)(C)CNCCOC. The van der Waals surface area contributed by atoms with Crippen molar-refractivity contribution in [3.05, 3.63) is 0 Å². The first kappa shape index (κ1) is 16.9. The summed E-state index contributed by atoms with van der Waals surface area (Å²) in [5.41, 5.74) is 0.00848. The molecule has 0 bridgehead atoms. The highest BCUT2D eigenvalue weighted by molar-refractivity contribution is 7.91. The van der Waals surface area contributed by atoms with E-state index in [1.807, 2.05) is 6.92 Å². The van der Waals surface area contributed by atoms with Gasteiger partial charge in [-0.2, -0.15) is 0 Å². The average molecular weight is 265 g/mol. The highest BCUT2D eigenvalue weighted by Crippen LogP contribution is 2.20. The molecule has 0 heterocycles. The van der Waals surface area contributed by atoms with Gasteiger partial charge in [0.25, 0.3) is 0 Å². The first-order chi connectivity index (χ1) is 7.83. The van der Waals surface area contributed by atoms with Gasteiger partial charge in [0.1, 0.15) is 9.84 Å². The number of hydrogen-bond acceptors (Lipinski definition) is 4. The Labute approximate surface area is 106 Å². The number of rotatable bonds is 10. The van der Waals surface area contributed by atoms with Crippen molar-refractivity contribution >= 4 is 9.84 Å². The number of methoxy groups -OCH3 is 1. The van der Waals surface area contributed by atoms with Gasteiger partial charge in [-0.25, -0.2) is 8.42 Å². The molecule has 0 saturated carbocycles. The van der Waals surface area contributed by atoms with Crippen molar-refractivity contribution in [2.45, 2.75) is 33.6 Å². The molecule has 0 aliphatic rings. The summed E-state index contributed by atoms with van der Waals surface area (Å²) in [6, 6.07) is 0. The second kappa shape index (κ2) is 8.06. The zero-order valence-electron chi connectivity index (χ0n) is 11.6. The van der Waals surface area contributed by atoms with Crippen LogP contribution in [0.15, 0.2) is 0 Å². The van der Waals surface area contributed by atoms with E-state index in [9.17, 15) is 8.42 Å². The van der Waals surface area contributed by atoms with Gasteiger partial charge in [-0.05, 0) is 18.3 Å². The first-order valence-corrected chi connectivity index (χ1v) is 8.05. The maximum absolute atomic E-state index is 11.6. The zero-order valence-corrected chi connectivity index (χ0v) is 12.4. The molecule has 5 heteroatoms. The maximum atomic E-state index is 11.6. The topological polar surface area (TPSA) is 55.4 Å². The molecule has 4 nitrogen and oxygen atoms in total. The van der Waals surface area contributed by atoms with Crippen molar-refractivity contribution in [1.82, 2.24) is 5.32 Å². The normalized spacial score (nSPS) is 12.9. The second-order valence-corrected chi connectivity index (χ2v) is 7.54. The molecular weight excluding hydrogens is 238 g/mol. The predicted octanol–water partition coefficient (Wildman–Crippen LogP) is 1.46. The smallest absolute Gasteiger partial charge is 0.150 e. The van der Waals surface area contributed by atoms with Crippen LogP contribution in [0.3, 0.4) is 0 Å². The molecule has 0 amide bonds. The van der Waals surface area contributed by atoms with Gasteiger partial charge >= 0.3 is 0 Å². The summed E-state index contributed by atoms with van der Waals surface area (Å²) in [7, 11) is -1.18. The number of nitrogens with one attached hydrogen (secondary N) is 1. The fourth-order valence-corrected chi connectivity index (χ4v) is 3.22. The van der Waals surface area contributed by atoms with Gasteiger partial charge < -0.3 is 10.1 Å². The van der Waals surface area contributed by atoms with E-state index in [0.717, 1.165) is 13.1 Å². The van der Waals surface area contributed by atoms with Crippen LogP contribution in [0.2, 0.25) is 0 Å². The summed E-state index contributed by atoms with van der Waals surface area (Å²) >= 11 is 0. The Hall–Kier alpha value is -0.130. The minimum absolute atomic E-state index is 0.00848. The van der Waals surface area contributed by atoms with Gasteiger partial charge in [0, 0.05) is 26.0 Å². The van der Waals surface area contributed by atoms with E-state index < -0.39 is 9.84 Å². The van der Waals surface area contributed by atoms with Crippen molar-refractivity contribution in [2.24, 2.45) is 5.41 Å². The molecule has 17 heavy (non-hydrogen) atoms. The highest BCUT2D eigenvalue weighted by Gasteiger charge is 2.21. The molecule has 0 saturated heterocycles. The number of sulfone groups is 1. The van der Waals surface area contributed by atoms with Crippen molar-refractivity contribution in [2.75, 3.05) is 38.3 Å². The van der Waals surface area contributed by atoms with E-state index in [2.05, 4.69) is 19.2 Å². The molecule has 0 aromatic rings. The predicted molar refractivity (Wildman–Crippen MR) is 72.1 cm³/mol. The Balaban J connectivity index is 3.92. The molecule has 0 rings (SSSR count). The Morgan fingerprint density at radius 2 is 1.88 bits per heavy atom. The van der Waals surface area contributed by atoms with Crippen LogP contribution in [-0.4, -0.2) is 46.7 Å². The summed E-state index contributed by atoms with van der Waals surface area (Å²) in [4.78, 5) is 0. The second-order valence-electron chi connectivity index (χ2n) is 5.24. The molecular formula is C12H27NO3S. The van der Waals surface area contributed by atoms with Crippen molar-refractivity contribution in [1.29, 1.82) is 0 Å². The molecule has 0 atom stereocenters. The standard InChI is InChI=1S/C12H27NO3S/c1-5-9-17(14,15)10-6-12(2,3)11-13-7-8-16-4/h13H,5-11H2,1-4H3. The Morgan fingerprint density at radius 3 is 2.41 bits per heavy atom. The lowest BCUT2D eigenvalue weighted by atomic mass is 9.90. The van der Waals surface area contributed by atoms with E-state index in [1.165, 1.54) is 0 Å². The summed E-state index contributed by atoms with van der Waals surface area (Å²) in [5, 5.41) is 3.28. The van der Waals surface area contributed by atoms with Gasteiger partial charge in [-0.15, -0.1) is 0 Å². The first-order valence-electron chi connectivity index (χ1n) is 6.23. The molecule has 0 radical (unpaired) electrons. The van der Waals surface area contributed by atoms with Crippen LogP contribution >= 0.6 is 0 Å². The summed E-state index contributed by atoms with van der Waals surface area (Å²) < 4.78 is 28.2. The van der Waals surface area contributed by atoms with Gasteiger partial charge in [0.2, 0.25) is 0 Å². The Kier molecular flexibility index (Phi) is 8.00. The summed E-state index contributed by atoms with van der Waals surface area (Å²) in [6.45, 7) is 8.39. The number of ether oxygens (including phenoxy) is 1. The molecule has 0 unspecified atom stereocenters. The van der Waals surface area contributed by atoms with Gasteiger partial charge in [0.05, 0.1) is 12.4 Å². The average Bonchev–Trinajstić information content (AvgIpc) is 2.22. The van der Waals surface area contributed by atoms with Crippen LogP contribution < -0.4 is 5.32 Å². The van der Waals surface area contributed by atoms with Gasteiger partial charge in [-0.3, -0.25) is 0 Å². The van der Waals surface area contributed by atoms with E-state index in [-0.39, 0.29) is 5.41 Å². The lowest BCUT2D eigenvalue weighted by Crippen LogP contribution is -2.33. The monoisotopic (exact) mass is 265 g/mol. The van der Waals surface area contributed by atoms with Crippen LogP contribution in [0.5, 0.6) is 0 Å². The van der Waals surface area contributed by atoms with Gasteiger partial charge in [-0.1, -0.05) is 20.8 Å². The van der Waals surface area contributed by atoms with Crippen molar-refractivity contribution in [3.63, 3.8) is 0 Å². The van der Waals surface area contributed by atoms with E-state index in [1.54, 1.807) is 7.11 Å². The third kappa shape index (κ3) is 9.56. The fraction of sp³-hybridized carbons (Fsp3) is 1.00. The lowest BCUT2D eigenvalue weighted by Gasteiger charge is -2.25. The van der Waals surface area contributed by atoms with Gasteiger partial charge in [0.15, 0.2) is 0 Å². The largest absolute Gasteiger partial charge is 0.383 e. The Morgan fingerprint density at radius 1 is 1.24 bits per heavy atom. The third-order valence-corrected chi connectivity index (χ3v) is 4.55. The molecule has 0 aromatic carbocycles. The molecule has 0 spiro atoms. The maximum Gasteiger partial charge on any atom is 0.150 e. The van der Waals surface area contributed by atoms with Crippen LogP contribution in [0.1, 0.15) is 33.6 Å². The molecule has 0 aliphatic carbocycles. The van der Waals surface area contributed by atoms with E-state index >= 15 is 0 Å². The molecule has 1 N–H and O–H groups in total. The highest BCUT2D eigenvalue weighted by atomic mass is 32.2. The van der Waals surface area contributed by atoms with E-state index in [0.29, 0.717) is 31.0 Å². The lowest BCUT2D eigenvalue weighted by molar-refractivity contribution is 0.193. The Bertz CT molecular complexity index is 286. The molecule has 0 fully saturated rings. The van der Waals surface area contributed by atoms with Crippen LogP contribution in [0.4, 0.5) is 0 Å². The van der Waals surface area contributed by atoms with Crippen molar-refractivity contribution in [3.8, 4) is 0 Å². The molecule has 104 valence electrons. The fourth-order valence-electron chi connectivity index (χ4n) is 1.53. The van der Waals surface area contributed by atoms with E-state index in [4.69, 9.17) is 4.74 Å². The molecule has 0 aromatic heterocycles. The van der Waals surface area contributed by atoms with Crippen LogP contribution in [0.25, 0.3) is 0 Å². The zero-order chi connectivity index (χ0) is 13.4. The summed E-state index contributed by atoms with van der Waals surface area (Å²) in [6.07, 6.45) is 1.41. The quantitative estimate of drug-likeness (QED) is 0.608. The third-order valence-electron chi connectivity index (χ3n) is 2.69. The van der Waals surface area contributed by atoms with Crippen LogP contribution in [0, 0.1) is 5.41 Å².